The van der Waals surface area contributed by atoms with Crippen molar-refractivity contribution in [2.75, 3.05) is 0 Å². The molecule has 0 fully saturated rings. The highest BCUT2D eigenvalue weighted by molar-refractivity contribution is 14.1. The van der Waals surface area contributed by atoms with E-state index in [9.17, 15) is 4.79 Å². The van der Waals surface area contributed by atoms with Gasteiger partial charge in [0.25, 0.3) is 0 Å². The molecule has 1 nitrogen and oxygen atoms in total. The van der Waals surface area contributed by atoms with Gasteiger partial charge < -0.3 is 0 Å². The lowest BCUT2D eigenvalue weighted by Crippen LogP contribution is -1.97. The van der Waals surface area contributed by atoms with Gasteiger partial charge in [0.15, 0.2) is 0 Å². The SMILES string of the molecule is CC(Br)C(=O)I. The summed E-state index contributed by atoms with van der Waals surface area (Å²) in [6.45, 7) is 1.80. The third-order valence-electron chi connectivity index (χ3n) is 0.313. The molecule has 0 saturated carbocycles. The Labute approximate surface area is 58.8 Å². The van der Waals surface area contributed by atoms with Gasteiger partial charge in [0, 0.05) is 22.6 Å². The number of hydrogen-bond acceptors (Lipinski definition) is 1. The van der Waals surface area contributed by atoms with Crippen molar-refractivity contribution in [1.82, 2.24) is 0 Å². The van der Waals surface area contributed by atoms with E-state index in [1.54, 1.807) is 29.5 Å². The molecule has 0 aliphatic rings. The molecule has 0 aliphatic heterocycles. The van der Waals surface area contributed by atoms with Crippen LogP contribution in [-0.4, -0.2) is 8.62 Å². The minimum Gasteiger partial charge on any atom is -0.287 e. The molecule has 0 N–H and O–H groups in total. The van der Waals surface area contributed by atoms with Crippen LogP contribution in [-0.2, 0) is 4.79 Å². The molecule has 0 saturated heterocycles. The Kier molecular flexibility index (Phi) is 3.39. The van der Waals surface area contributed by atoms with Gasteiger partial charge in [0.1, 0.15) is 0 Å². The summed E-state index contributed by atoms with van der Waals surface area (Å²) in [5.41, 5.74) is 0. The van der Waals surface area contributed by atoms with E-state index >= 15 is 0 Å². The van der Waals surface area contributed by atoms with Gasteiger partial charge in [0.2, 0.25) is 3.79 Å². The third-order valence-corrected chi connectivity index (χ3v) is 2.52. The van der Waals surface area contributed by atoms with Crippen LogP contribution in [0.2, 0.25) is 0 Å². The minimum atomic E-state index is 0.0121. The van der Waals surface area contributed by atoms with Gasteiger partial charge >= 0.3 is 0 Å². The maximum absolute atomic E-state index is 10.1. The van der Waals surface area contributed by atoms with Crippen molar-refractivity contribution in [2.45, 2.75) is 11.8 Å². The first-order chi connectivity index (χ1) is 2.64. The van der Waals surface area contributed by atoms with E-state index in [4.69, 9.17) is 0 Å². The quantitative estimate of drug-likeness (QED) is 0.400. The molecule has 1 unspecified atom stereocenters. The average Bonchev–Trinajstić information content (AvgIpc) is 1.36. The second-order valence-corrected chi connectivity index (χ2v) is 3.36. The van der Waals surface area contributed by atoms with E-state index in [1.807, 2.05) is 0 Å². The van der Waals surface area contributed by atoms with Gasteiger partial charge in [-0.1, -0.05) is 15.9 Å². The summed E-state index contributed by atoms with van der Waals surface area (Å²) in [7, 11) is 0. The van der Waals surface area contributed by atoms with E-state index in [1.165, 1.54) is 0 Å². The maximum atomic E-state index is 10.1. The third kappa shape index (κ3) is 3.08. The summed E-state index contributed by atoms with van der Waals surface area (Å²) < 4.78 is 0.146. The van der Waals surface area contributed by atoms with Crippen molar-refractivity contribution in [1.29, 1.82) is 0 Å². The van der Waals surface area contributed by atoms with E-state index < -0.39 is 0 Å². The molecular weight excluding hydrogens is 259 g/mol. The summed E-state index contributed by atoms with van der Waals surface area (Å²) in [6, 6.07) is 0. The lowest BCUT2D eigenvalue weighted by atomic mass is 10.6. The molecule has 0 bridgehead atoms. The second kappa shape index (κ2) is 2.96. The lowest BCUT2D eigenvalue weighted by molar-refractivity contribution is -0.108. The molecule has 0 rings (SSSR count). The van der Waals surface area contributed by atoms with Crippen LogP contribution in [0.5, 0.6) is 0 Å². The molecule has 1 atom stereocenters. The van der Waals surface area contributed by atoms with Crippen LogP contribution in [0.4, 0.5) is 0 Å². The van der Waals surface area contributed by atoms with Gasteiger partial charge in [-0.05, 0) is 6.92 Å². The monoisotopic (exact) mass is 262 g/mol. The summed E-state index contributed by atoms with van der Waals surface area (Å²) in [5.74, 6) is 0. The predicted molar refractivity (Wildman–Crippen MR) is 37.4 cm³/mol. The molecule has 6 heavy (non-hydrogen) atoms. The first-order valence-corrected chi connectivity index (χ1v) is 3.47. The Morgan fingerprint density at radius 3 is 2.17 bits per heavy atom. The van der Waals surface area contributed by atoms with Gasteiger partial charge in [0.05, 0.1) is 4.83 Å². The number of rotatable bonds is 1. The lowest BCUT2D eigenvalue weighted by Gasteiger charge is -1.86. The van der Waals surface area contributed by atoms with Crippen molar-refractivity contribution in [3.8, 4) is 0 Å². The predicted octanol–water partition coefficient (Wildman–Crippen LogP) is 1.73. The van der Waals surface area contributed by atoms with Gasteiger partial charge in [-0.3, -0.25) is 4.79 Å². The number of halogens is 2. The molecule has 0 spiro atoms. The Bertz CT molecular complexity index is 61.8. The van der Waals surface area contributed by atoms with E-state index in [2.05, 4.69) is 15.9 Å². The highest BCUT2D eigenvalue weighted by atomic mass is 127. The van der Waals surface area contributed by atoms with Gasteiger partial charge in [-0.15, -0.1) is 0 Å². The molecular formula is C3H4BrIO. The van der Waals surface area contributed by atoms with Gasteiger partial charge in [-0.2, -0.15) is 0 Å². The van der Waals surface area contributed by atoms with E-state index in [0.717, 1.165) is 0 Å². The van der Waals surface area contributed by atoms with Crippen molar-refractivity contribution in [2.24, 2.45) is 0 Å². The van der Waals surface area contributed by atoms with Crippen molar-refractivity contribution in [3.05, 3.63) is 0 Å². The van der Waals surface area contributed by atoms with Crippen molar-refractivity contribution >= 4 is 42.3 Å². The fraction of sp³-hybridized carbons (Fsp3) is 0.667. The fourth-order valence-electron chi connectivity index (χ4n) is 0. The van der Waals surface area contributed by atoms with E-state index in [-0.39, 0.29) is 8.62 Å². The normalized spacial score (nSPS) is 13.8. The zero-order chi connectivity index (χ0) is 5.15. The molecule has 0 radical (unpaired) electrons. The Balaban J connectivity index is 3.26. The molecule has 0 aliphatic carbocycles. The summed E-state index contributed by atoms with van der Waals surface area (Å²) in [4.78, 5) is 10.1. The number of carbonyl (C=O) groups excluding carboxylic acids is 1. The van der Waals surface area contributed by atoms with Crippen molar-refractivity contribution < 1.29 is 4.79 Å². The second-order valence-electron chi connectivity index (χ2n) is 0.920. The van der Waals surface area contributed by atoms with Crippen LogP contribution in [0.1, 0.15) is 6.92 Å². The van der Waals surface area contributed by atoms with Crippen molar-refractivity contribution in [3.63, 3.8) is 0 Å². The van der Waals surface area contributed by atoms with Crippen LogP contribution < -0.4 is 0 Å². The Morgan fingerprint density at radius 2 is 2.17 bits per heavy atom. The zero-order valence-corrected chi connectivity index (χ0v) is 6.99. The van der Waals surface area contributed by atoms with Crippen LogP contribution in [0.3, 0.4) is 0 Å². The summed E-state index contributed by atoms with van der Waals surface area (Å²) in [5, 5.41) is 0. The highest BCUT2D eigenvalue weighted by Crippen LogP contribution is 2.02. The van der Waals surface area contributed by atoms with Crippen LogP contribution in [0.25, 0.3) is 0 Å². The number of carbonyl (C=O) groups is 1. The van der Waals surface area contributed by atoms with Crippen LogP contribution >= 0.6 is 38.5 Å². The zero-order valence-electron chi connectivity index (χ0n) is 3.24. The molecule has 0 aromatic carbocycles. The summed E-state index contributed by atoms with van der Waals surface area (Å²) in [6.07, 6.45) is 0. The average molecular weight is 263 g/mol. The first-order valence-electron chi connectivity index (χ1n) is 1.48. The Morgan fingerprint density at radius 1 is 2.00 bits per heavy atom. The molecule has 0 amide bonds. The minimum absolute atomic E-state index is 0.0121. The topological polar surface area (TPSA) is 17.1 Å². The van der Waals surface area contributed by atoms with Crippen LogP contribution in [0.15, 0.2) is 0 Å². The first kappa shape index (κ1) is 6.88. The van der Waals surface area contributed by atoms with Crippen LogP contribution in [0, 0.1) is 0 Å². The molecule has 3 heteroatoms. The molecule has 0 aromatic heterocycles. The number of hydrogen-bond donors (Lipinski definition) is 0. The smallest absolute Gasteiger partial charge is 0.205 e. The highest BCUT2D eigenvalue weighted by Gasteiger charge is 1.99. The summed E-state index contributed by atoms with van der Waals surface area (Å²) >= 11 is 4.83. The standard InChI is InChI=1S/C3H4BrIO/c1-2(4)3(5)6/h2H,1H3. The maximum Gasteiger partial charge on any atom is 0.205 e. The molecule has 36 valence electrons. The van der Waals surface area contributed by atoms with E-state index in [0.29, 0.717) is 0 Å². The molecule has 0 aromatic rings. The van der Waals surface area contributed by atoms with Gasteiger partial charge in [-0.25, -0.2) is 0 Å². The largest absolute Gasteiger partial charge is 0.287 e. The Hall–Kier alpha value is 0.880. The fourth-order valence-corrected chi connectivity index (χ4v) is 0. The number of alkyl halides is 1. The molecule has 0 heterocycles.